The van der Waals surface area contributed by atoms with Gasteiger partial charge in [0.25, 0.3) is 0 Å². The fourth-order valence-electron chi connectivity index (χ4n) is 2.80. The summed E-state index contributed by atoms with van der Waals surface area (Å²) >= 11 is 0. The monoisotopic (exact) mass is 259 g/mol. The molecule has 106 valence electrons. The molecule has 1 aromatic carbocycles. The van der Waals surface area contributed by atoms with Crippen molar-refractivity contribution in [3.05, 3.63) is 28.8 Å². The van der Waals surface area contributed by atoms with E-state index in [4.69, 9.17) is 0 Å². The summed E-state index contributed by atoms with van der Waals surface area (Å²) in [4.78, 5) is 0. The Morgan fingerprint density at radius 1 is 0.947 bits per heavy atom. The zero-order chi connectivity index (χ0) is 14.6. The molecule has 1 heterocycles. The Bertz CT molecular complexity index is 496. The van der Waals surface area contributed by atoms with Crippen LogP contribution in [0.5, 0.6) is 0 Å². The lowest BCUT2D eigenvalue weighted by atomic mass is 9.75. The number of hydrogen-bond acceptors (Lipinski definition) is 1. The van der Waals surface area contributed by atoms with Crippen molar-refractivity contribution in [2.45, 2.75) is 71.6 Å². The summed E-state index contributed by atoms with van der Waals surface area (Å²) in [6.07, 6.45) is 0. The second-order valence-electron chi connectivity index (χ2n) is 8.68. The van der Waals surface area contributed by atoms with E-state index in [9.17, 15) is 0 Å². The molecule has 1 N–H and O–H groups in total. The molecule has 0 atom stereocenters. The SMILES string of the molecule is CC(C)(C)c1cc(C(C)(C)C)c2c(c1)C(C)(C)CN2. The van der Waals surface area contributed by atoms with Crippen molar-refractivity contribution in [3.63, 3.8) is 0 Å². The molecule has 0 aromatic heterocycles. The Kier molecular flexibility index (Phi) is 3.04. The standard InChI is InChI=1S/C18H29N/c1-16(2,3)12-9-13(17(4,5)6)15-14(10-12)18(7,8)11-19-15/h9-10,19H,11H2,1-8H3. The van der Waals surface area contributed by atoms with Gasteiger partial charge in [-0.2, -0.15) is 0 Å². The van der Waals surface area contributed by atoms with Gasteiger partial charge in [-0.1, -0.05) is 67.5 Å². The van der Waals surface area contributed by atoms with Gasteiger partial charge in [0.05, 0.1) is 0 Å². The summed E-state index contributed by atoms with van der Waals surface area (Å²) in [6.45, 7) is 19.5. The van der Waals surface area contributed by atoms with Gasteiger partial charge < -0.3 is 5.32 Å². The summed E-state index contributed by atoms with van der Waals surface area (Å²) in [6, 6.07) is 4.83. The van der Waals surface area contributed by atoms with Crippen LogP contribution in [0.4, 0.5) is 5.69 Å². The Labute approximate surface area is 118 Å². The van der Waals surface area contributed by atoms with Gasteiger partial charge in [0.15, 0.2) is 0 Å². The summed E-state index contributed by atoms with van der Waals surface area (Å²) in [5, 5.41) is 3.64. The van der Waals surface area contributed by atoms with E-state index in [1.165, 1.54) is 22.4 Å². The number of nitrogens with one attached hydrogen (secondary N) is 1. The summed E-state index contributed by atoms with van der Waals surface area (Å²) < 4.78 is 0. The maximum absolute atomic E-state index is 3.64. The first kappa shape index (κ1) is 14.4. The van der Waals surface area contributed by atoms with Crippen molar-refractivity contribution in [2.75, 3.05) is 11.9 Å². The van der Waals surface area contributed by atoms with Crippen molar-refractivity contribution >= 4 is 5.69 Å². The summed E-state index contributed by atoms with van der Waals surface area (Å²) in [7, 11) is 0. The second-order valence-corrected chi connectivity index (χ2v) is 8.68. The first-order valence-corrected chi connectivity index (χ1v) is 7.36. The lowest BCUT2D eigenvalue weighted by Crippen LogP contribution is -2.20. The number of rotatable bonds is 0. The predicted octanol–water partition coefficient (Wildman–Crippen LogP) is 4.98. The van der Waals surface area contributed by atoms with Crippen LogP contribution in [0.2, 0.25) is 0 Å². The highest BCUT2D eigenvalue weighted by molar-refractivity contribution is 5.68. The molecule has 0 fully saturated rings. The zero-order valence-corrected chi connectivity index (χ0v) is 13.9. The summed E-state index contributed by atoms with van der Waals surface area (Å²) in [5.41, 5.74) is 6.40. The van der Waals surface area contributed by atoms with Crippen molar-refractivity contribution in [3.8, 4) is 0 Å². The molecule has 1 heteroatoms. The Morgan fingerprint density at radius 2 is 1.53 bits per heavy atom. The van der Waals surface area contributed by atoms with Crippen molar-refractivity contribution in [1.29, 1.82) is 0 Å². The van der Waals surface area contributed by atoms with Gasteiger partial charge in [-0.05, 0) is 27.5 Å². The minimum Gasteiger partial charge on any atom is -0.384 e. The van der Waals surface area contributed by atoms with E-state index >= 15 is 0 Å². The van der Waals surface area contributed by atoms with E-state index < -0.39 is 0 Å². The van der Waals surface area contributed by atoms with E-state index in [1.807, 2.05) is 0 Å². The smallest absolute Gasteiger partial charge is 0.0417 e. The molecular weight excluding hydrogens is 230 g/mol. The highest BCUT2D eigenvalue weighted by atomic mass is 14.9. The zero-order valence-electron chi connectivity index (χ0n) is 13.9. The third-order valence-corrected chi connectivity index (χ3v) is 4.25. The average molecular weight is 259 g/mol. The van der Waals surface area contributed by atoms with Gasteiger partial charge in [0, 0.05) is 17.6 Å². The minimum absolute atomic E-state index is 0.179. The lowest BCUT2D eigenvalue weighted by molar-refractivity contribution is 0.559. The Morgan fingerprint density at radius 3 is 2.00 bits per heavy atom. The molecule has 0 unspecified atom stereocenters. The normalized spacial score (nSPS) is 18.1. The number of anilines is 1. The van der Waals surface area contributed by atoms with Gasteiger partial charge in [-0.15, -0.1) is 0 Å². The van der Waals surface area contributed by atoms with Crippen LogP contribution in [0, 0.1) is 0 Å². The first-order valence-electron chi connectivity index (χ1n) is 7.36. The molecule has 1 aliphatic rings. The molecule has 0 bridgehead atoms. The van der Waals surface area contributed by atoms with Crippen LogP contribution in [0.15, 0.2) is 12.1 Å². The van der Waals surface area contributed by atoms with Crippen LogP contribution in [-0.4, -0.2) is 6.54 Å². The molecule has 0 saturated carbocycles. The maximum atomic E-state index is 3.64. The molecular formula is C18H29N. The number of hydrogen-bond donors (Lipinski definition) is 1. The number of fused-ring (bicyclic) bond motifs is 1. The minimum atomic E-state index is 0.179. The van der Waals surface area contributed by atoms with E-state index in [0.717, 1.165) is 6.54 Å². The van der Waals surface area contributed by atoms with E-state index in [2.05, 4.69) is 72.8 Å². The van der Waals surface area contributed by atoms with Crippen LogP contribution in [-0.2, 0) is 16.2 Å². The van der Waals surface area contributed by atoms with Crippen molar-refractivity contribution in [2.24, 2.45) is 0 Å². The van der Waals surface area contributed by atoms with E-state index in [-0.39, 0.29) is 16.2 Å². The second kappa shape index (κ2) is 4.01. The van der Waals surface area contributed by atoms with Crippen molar-refractivity contribution < 1.29 is 0 Å². The Balaban J connectivity index is 2.73. The van der Waals surface area contributed by atoms with Crippen LogP contribution in [0.25, 0.3) is 0 Å². The molecule has 1 nitrogen and oxygen atoms in total. The fourth-order valence-corrected chi connectivity index (χ4v) is 2.80. The van der Waals surface area contributed by atoms with Crippen LogP contribution in [0.3, 0.4) is 0 Å². The highest BCUT2D eigenvalue weighted by Crippen LogP contribution is 2.44. The molecule has 1 aromatic rings. The van der Waals surface area contributed by atoms with E-state index in [1.54, 1.807) is 0 Å². The van der Waals surface area contributed by atoms with Crippen LogP contribution >= 0.6 is 0 Å². The third-order valence-electron chi connectivity index (χ3n) is 4.25. The third kappa shape index (κ3) is 2.52. The van der Waals surface area contributed by atoms with Crippen LogP contribution in [0.1, 0.15) is 72.1 Å². The van der Waals surface area contributed by atoms with Gasteiger partial charge >= 0.3 is 0 Å². The summed E-state index contributed by atoms with van der Waals surface area (Å²) in [5.74, 6) is 0. The van der Waals surface area contributed by atoms with Crippen molar-refractivity contribution in [1.82, 2.24) is 0 Å². The number of benzene rings is 1. The maximum Gasteiger partial charge on any atom is 0.0417 e. The van der Waals surface area contributed by atoms with Gasteiger partial charge in [-0.3, -0.25) is 0 Å². The van der Waals surface area contributed by atoms with Gasteiger partial charge in [0.1, 0.15) is 0 Å². The van der Waals surface area contributed by atoms with Gasteiger partial charge in [-0.25, -0.2) is 0 Å². The molecule has 1 aliphatic heterocycles. The first-order chi connectivity index (χ1) is 8.43. The fraction of sp³-hybridized carbons (Fsp3) is 0.667. The Hall–Kier alpha value is -0.980. The lowest BCUT2D eigenvalue weighted by Gasteiger charge is -2.29. The molecule has 0 amide bonds. The molecule has 19 heavy (non-hydrogen) atoms. The quantitative estimate of drug-likeness (QED) is 0.692. The highest BCUT2D eigenvalue weighted by Gasteiger charge is 2.35. The molecule has 0 aliphatic carbocycles. The van der Waals surface area contributed by atoms with E-state index in [0.29, 0.717) is 0 Å². The molecule has 0 saturated heterocycles. The largest absolute Gasteiger partial charge is 0.384 e. The predicted molar refractivity (Wildman–Crippen MR) is 85.4 cm³/mol. The van der Waals surface area contributed by atoms with Crippen LogP contribution < -0.4 is 5.32 Å². The average Bonchev–Trinajstić information content (AvgIpc) is 2.51. The molecule has 0 spiro atoms. The van der Waals surface area contributed by atoms with Gasteiger partial charge in [0.2, 0.25) is 0 Å². The topological polar surface area (TPSA) is 12.0 Å². The molecule has 0 radical (unpaired) electrons. The molecule has 2 rings (SSSR count).